The van der Waals surface area contributed by atoms with E-state index < -0.39 is 12.0 Å². The molecule has 3 aromatic carbocycles. The average Bonchev–Trinajstić information content (AvgIpc) is 3.04. The summed E-state index contributed by atoms with van der Waals surface area (Å²) in [5.41, 5.74) is 4.11. The van der Waals surface area contributed by atoms with Crippen LogP contribution >= 0.6 is 0 Å². The number of benzene rings is 3. The molecule has 1 aliphatic heterocycles. The highest BCUT2D eigenvalue weighted by Crippen LogP contribution is 2.46. The summed E-state index contributed by atoms with van der Waals surface area (Å²) < 4.78 is 30.7. The molecule has 0 amide bonds. The van der Waals surface area contributed by atoms with Crippen molar-refractivity contribution in [3.63, 3.8) is 0 Å². The Kier molecular flexibility index (Phi) is 6.07. The lowest BCUT2D eigenvalue weighted by Crippen LogP contribution is -2.33. The number of carbonyl (C=O) groups is 1. The van der Waals surface area contributed by atoms with Gasteiger partial charge in [0.15, 0.2) is 11.5 Å². The first-order chi connectivity index (χ1) is 17.0. The predicted molar refractivity (Wildman–Crippen MR) is 133 cm³/mol. The Morgan fingerprint density at radius 2 is 1.57 bits per heavy atom. The number of carbonyl (C=O) groups excluding carboxylic acids is 1. The summed E-state index contributed by atoms with van der Waals surface area (Å²) in [4.78, 5) is 13.7. The van der Waals surface area contributed by atoms with Crippen molar-refractivity contribution in [3.05, 3.63) is 89.4 Å². The van der Waals surface area contributed by atoms with Crippen molar-refractivity contribution in [2.75, 3.05) is 32.0 Å². The van der Waals surface area contributed by atoms with Crippen molar-refractivity contribution in [2.45, 2.75) is 18.4 Å². The molecule has 3 unspecified atom stereocenters. The van der Waals surface area contributed by atoms with Crippen LogP contribution in [-0.4, -0.2) is 27.1 Å². The first-order valence-corrected chi connectivity index (χ1v) is 11.4. The lowest BCUT2D eigenvalue weighted by molar-refractivity contribution is -0.122. The molecule has 6 nitrogen and oxygen atoms in total. The van der Waals surface area contributed by atoms with Gasteiger partial charge in [0.25, 0.3) is 0 Å². The number of methoxy groups -OCH3 is 3. The summed E-state index contributed by atoms with van der Waals surface area (Å²) in [6, 6.07) is 17.5. The standard InChI is InChI=1S/C28H27FN2O4/c1-33-24-14-18(15-25(34-2)28(24)35-3)17-12-22-26(23(32)13-17)27(16-7-6-8-19(29)11-16)31-21-10-5-4-9-20(21)30-22/h4-12,14-15,17,26-27,30-31H,13H2,1-3H3. The Bertz CT molecular complexity index is 1280. The number of allylic oxidation sites excluding steroid dienone is 1. The van der Waals surface area contributed by atoms with Crippen LogP contribution < -0.4 is 24.8 Å². The van der Waals surface area contributed by atoms with Gasteiger partial charge in [0, 0.05) is 18.0 Å². The van der Waals surface area contributed by atoms with Crippen LogP contribution in [-0.2, 0) is 4.79 Å². The molecule has 0 saturated carbocycles. The van der Waals surface area contributed by atoms with Gasteiger partial charge >= 0.3 is 0 Å². The second-order valence-electron chi connectivity index (χ2n) is 8.68. The van der Waals surface area contributed by atoms with Crippen LogP contribution in [0.25, 0.3) is 0 Å². The van der Waals surface area contributed by atoms with Crippen LogP contribution in [0.2, 0.25) is 0 Å². The van der Waals surface area contributed by atoms with Crippen LogP contribution in [0.1, 0.15) is 29.5 Å². The van der Waals surface area contributed by atoms with E-state index in [0.717, 1.165) is 28.2 Å². The highest BCUT2D eigenvalue weighted by molar-refractivity contribution is 5.90. The third kappa shape index (κ3) is 4.18. The maximum Gasteiger partial charge on any atom is 0.203 e. The molecule has 0 saturated heterocycles. The molecule has 1 aliphatic carbocycles. The van der Waals surface area contributed by atoms with Crippen molar-refractivity contribution in [1.82, 2.24) is 0 Å². The average molecular weight is 475 g/mol. The van der Waals surface area contributed by atoms with Crippen LogP contribution in [0.3, 0.4) is 0 Å². The molecule has 3 aromatic rings. The van der Waals surface area contributed by atoms with Gasteiger partial charge in [-0.25, -0.2) is 4.39 Å². The number of anilines is 2. The van der Waals surface area contributed by atoms with Crippen LogP contribution in [0.15, 0.2) is 72.4 Å². The minimum atomic E-state index is -0.498. The topological polar surface area (TPSA) is 68.8 Å². The summed E-state index contributed by atoms with van der Waals surface area (Å²) >= 11 is 0. The van der Waals surface area contributed by atoms with E-state index in [2.05, 4.69) is 16.7 Å². The Morgan fingerprint density at radius 3 is 2.23 bits per heavy atom. The number of rotatable bonds is 5. The molecule has 5 rings (SSSR count). The molecule has 3 atom stereocenters. The van der Waals surface area contributed by atoms with Gasteiger partial charge in [-0.05, 0) is 47.5 Å². The predicted octanol–water partition coefficient (Wildman–Crippen LogP) is 5.69. The maximum absolute atomic E-state index is 14.2. The molecule has 180 valence electrons. The Balaban J connectivity index is 1.62. The van der Waals surface area contributed by atoms with Crippen LogP contribution in [0.5, 0.6) is 17.2 Å². The fraction of sp³-hybridized carbons (Fsp3) is 0.250. The van der Waals surface area contributed by atoms with Gasteiger partial charge < -0.3 is 24.8 Å². The molecule has 0 aromatic heterocycles. The number of ether oxygens (including phenoxy) is 3. The Morgan fingerprint density at radius 1 is 0.857 bits per heavy atom. The van der Waals surface area contributed by atoms with E-state index in [0.29, 0.717) is 23.7 Å². The summed E-state index contributed by atoms with van der Waals surface area (Å²) in [5, 5.41) is 6.97. The van der Waals surface area contributed by atoms with Gasteiger partial charge in [-0.3, -0.25) is 4.79 Å². The smallest absolute Gasteiger partial charge is 0.203 e. The largest absolute Gasteiger partial charge is 0.493 e. The molecule has 0 fully saturated rings. The number of hydrogen-bond acceptors (Lipinski definition) is 6. The zero-order chi connectivity index (χ0) is 24.5. The van der Waals surface area contributed by atoms with Crippen LogP contribution in [0.4, 0.5) is 15.8 Å². The fourth-order valence-corrected chi connectivity index (χ4v) is 5.01. The molecule has 35 heavy (non-hydrogen) atoms. The number of fused-ring (bicyclic) bond motifs is 2. The Hall–Kier alpha value is -4.00. The fourth-order valence-electron chi connectivity index (χ4n) is 5.01. The minimum Gasteiger partial charge on any atom is -0.493 e. The Labute approximate surface area is 203 Å². The minimum absolute atomic E-state index is 0.0586. The zero-order valence-corrected chi connectivity index (χ0v) is 19.8. The molecule has 0 bridgehead atoms. The van der Waals surface area contributed by atoms with Gasteiger partial charge in [-0.2, -0.15) is 0 Å². The highest BCUT2D eigenvalue weighted by Gasteiger charge is 2.40. The number of Topliss-reactive ketones (excluding diaryl/α,β-unsaturated/α-hetero) is 1. The molecular formula is C28H27FN2O4. The summed E-state index contributed by atoms with van der Waals surface area (Å²) in [6.45, 7) is 0. The number of hydrogen-bond donors (Lipinski definition) is 2. The van der Waals surface area contributed by atoms with Crippen molar-refractivity contribution in [1.29, 1.82) is 0 Å². The second kappa shape index (κ2) is 9.33. The summed E-state index contributed by atoms with van der Waals surface area (Å²) in [7, 11) is 4.70. The molecule has 2 N–H and O–H groups in total. The molecule has 1 heterocycles. The highest BCUT2D eigenvalue weighted by atomic mass is 19.1. The molecule has 0 spiro atoms. The van der Waals surface area contributed by atoms with E-state index in [1.165, 1.54) is 12.1 Å². The van der Waals surface area contributed by atoms with Gasteiger partial charge in [0.2, 0.25) is 5.75 Å². The van der Waals surface area contributed by atoms with E-state index >= 15 is 0 Å². The SMILES string of the molecule is COc1cc(C2C=C3Nc4ccccc4NC(c4cccc(F)c4)C3C(=O)C2)cc(OC)c1OC. The molecule has 2 aliphatic rings. The van der Waals surface area contributed by atoms with Gasteiger partial charge in [0.05, 0.1) is 44.7 Å². The van der Waals surface area contributed by atoms with E-state index in [1.807, 2.05) is 42.5 Å². The molecular weight excluding hydrogens is 447 g/mol. The monoisotopic (exact) mass is 474 g/mol. The summed E-state index contributed by atoms with van der Waals surface area (Å²) in [5.74, 6) is 0.600. The normalized spacial score (nSPS) is 20.9. The quantitative estimate of drug-likeness (QED) is 0.495. The van der Waals surface area contributed by atoms with Crippen LogP contribution in [0, 0.1) is 11.7 Å². The number of halogens is 1. The van der Waals surface area contributed by atoms with E-state index in [4.69, 9.17) is 14.2 Å². The van der Waals surface area contributed by atoms with E-state index in [9.17, 15) is 9.18 Å². The van der Waals surface area contributed by atoms with E-state index in [-0.39, 0.29) is 17.5 Å². The van der Waals surface area contributed by atoms with Gasteiger partial charge in [-0.15, -0.1) is 0 Å². The summed E-state index contributed by atoms with van der Waals surface area (Å²) in [6.07, 6.45) is 2.38. The molecule has 0 radical (unpaired) electrons. The van der Waals surface area contributed by atoms with Gasteiger partial charge in [0.1, 0.15) is 11.6 Å². The number of nitrogens with one attached hydrogen (secondary N) is 2. The lowest BCUT2D eigenvalue weighted by atomic mass is 9.76. The molecule has 7 heteroatoms. The van der Waals surface area contributed by atoms with E-state index in [1.54, 1.807) is 27.4 Å². The first-order valence-electron chi connectivity index (χ1n) is 11.4. The third-order valence-electron chi connectivity index (χ3n) is 6.66. The van der Waals surface area contributed by atoms with Crippen molar-refractivity contribution in [3.8, 4) is 17.2 Å². The van der Waals surface area contributed by atoms with Crippen molar-refractivity contribution < 1.29 is 23.4 Å². The lowest BCUT2D eigenvalue weighted by Gasteiger charge is -2.32. The number of para-hydroxylation sites is 2. The van der Waals surface area contributed by atoms with Crippen molar-refractivity contribution in [2.24, 2.45) is 5.92 Å². The van der Waals surface area contributed by atoms with Crippen molar-refractivity contribution >= 4 is 17.2 Å². The first kappa shape index (κ1) is 22.8. The zero-order valence-electron chi connectivity index (χ0n) is 19.8. The second-order valence-corrected chi connectivity index (χ2v) is 8.68. The van der Waals surface area contributed by atoms with Gasteiger partial charge in [-0.1, -0.05) is 30.3 Å². The number of ketones is 1. The maximum atomic E-state index is 14.2. The third-order valence-corrected chi connectivity index (χ3v) is 6.66.